The van der Waals surface area contributed by atoms with E-state index in [1.165, 1.54) is 0 Å². The third kappa shape index (κ3) is 2.03. The Kier molecular flexibility index (Phi) is 2.75. The van der Waals surface area contributed by atoms with E-state index in [0.717, 1.165) is 23.4 Å². The molecule has 2 aromatic rings. The normalized spacial score (nSPS) is 11.0. The van der Waals surface area contributed by atoms with Gasteiger partial charge in [-0.25, -0.2) is 4.79 Å². The molecule has 0 radical (unpaired) electrons. The molecule has 0 saturated carbocycles. The molecule has 2 rings (SSSR count). The predicted molar refractivity (Wildman–Crippen MR) is 59.7 cm³/mol. The molecule has 0 aliphatic heterocycles. The summed E-state index contributed by atoms with van der Waals surface area (Å²) in [4.78, 5) is 10.6. The van der Waals surface area contributed by atoms with E-state index in [1.807, 2.05) is 7.05 Å². The first-order valence-corrected chi connectivity index (χ1v) is 5.42. The maximum Gasteiger partial charge on any atom is 0.396 e. The van der Waals surface area contributed by atoms with Gasteiger partial charge in [0.15, 0.2) is 0 Å². The van der Waals surface area contributed by atoms with Gasteiger partial charge < -0.3 is 14.8 Å². The van der Waals surface area contributed by atoms with Crippen LogP contribution in [0, 0.1) is 0 Å². The number of phenolic OH excluding ortho intramolecular Hbond substituents is 1. The van der Waals surface area contributed by atoms with Gasteiger partial charge in [0, 0.05) is 6.07 Å². The number of rotatable bonds is 3. The van der Waals surface area contributed by atoms with E-state index in [-0.39, 0.29) is 10.7 Å². The molecule has 0 spiro atoms. The monoisotopic (exact) mass is 225 g/mol. The Morgan fingerprint density at radius 3 is 3.07 bits per heavy atom. The summed E-state index contributed by atoms with van der Waals surface area (Å²) in [7, 11) is 1.85. The Labute approximate surface area is 90.2 Å². The van der Waals surface area contributed by atoms with Crippen LogP contribution in [0.2, 0.25) is 0 Å². The van der Waals surface area contributed by atoms with Crippen LogP contribution in [0.4, 0.5) is 0 Å². The first kappa shape index (κ1) is 10.2. The number of nitrogens with one attached hydrogen (secondary N) is 1. The predicted octanol–water partition coefficient (Wildman–Crippen LogP) is 1.32. The lowest BCUT2D eigenvalue weighted by Gasteiger charge is -2.03. The minimum absolute atomic E-state index is 0.217. The molecule has 0 atom stereocenters. The van der Waals surface area contributed by atoms with Crippen molar-refractivity contribution in [2.24, 2.45) is 0 Å². The fourth-order valence-electron chi connectivity index (χ4n) is 1.41. The van der Waals surface area contributed by atoms with Crippen molar-refractivity contribution in [3.63, 3.8) is 0 Å². The SMILES string of the molecule is CNCCc1cc2oc(=O)sc2cc1O. The summed E-state index contributed by atoms with van der Waals surface area (Å²) >= 11 is 1.00. The van der Waals surface area contributed by atoms with Crippen molar-refractivity contribution in [3.8, 4) is 5.75 Å². The van der Waals surface area contributed by atoms with Crippen molar-refractivity contribution in [1.29, 1.82) is 0 Å². The van der Waals surface area contributed by atoms with E-state index < -0.39 is 0 Å². The van der Waals surface area contributed by atoms with Crippen LogP contribution in [-0.4, -0.2) is 18.7 Å². The number of hydrogen-bond acceptors (Lipinski definition) is 5. The fraction of sp³-hybridized carbons (Fsp3) is 0.300. The molecule has 0 aliphatic rings. The van der Waals surface area contributed by atoms with Crippen LogP contribution >= 0.6 is 11.3 Å². The smallest absolute Gasteiger partial charge is 0.396 e. The van der Waals surface area contributed by atoms with E-state index in [1.54, 1.807) is 12.1 Å². The first-order valence-electron chi connectivity index (χ1n) is 4.61. The Bertz CT molecular complexity index is 529. The van der Waals surface area contributed by atoms with E-state index in [0.29, 0.717) is 16.7 Å². The van der Waals surface area contributed by atoms with E-state index in [9.17, 15) is 9.90 Å². The molecule has 0 saturated heterocycles. The maximum atomic E-state index is 11.0. The highest BCUT2D eigenvalue weighted by atomic mass is 32.1. The minimum Gasteiger partial charge on any atom is -0.508 e. The highest BCUT2D eigenvalue weighted by Gasteiger charge is 2.07. The van der Waals surface area contributed by atoms with Crippen molar-refractivity contribution in [2.45, 2.75) is 6.42 Å². The fourth-order valence-corrected chi connectivity index (χ4v) is 2.09. The molecule has 0 fully saturated rings. The lowest BCUT2D eigenvalue weighted by atomic mass is 10.1. The summed E-state index contributed by atoms with van der Waals surface area (Å²) in [6, 6.07) is 3.30. The molecule has 0 bridgehead atoms. The summed E-state index contributed by atoms with van der Waals surface area (Å²) in [5.41, 5.74) is 1.34. The van der Waals surface area contributed by atoms with Gasteiger partial charge in [0.2, 0.25) is 0 Å². The second kappa shape index (κ2) is 4.04. The number of hydrogen-bond donors (Lipinski definition) is 2. The number of likely N-dealkylation sites (N-methyl/N-ethyl adjacent to an activating group) is 1. The van der Waals surface area contributed by atoms with Gasteiger partial charge in [-0.1, -0.05) is 11.3 Å². The van der Waals surface area contributed by atoms with Gasteiger partial charge in [0.05, 0.1) is 4.70 Å². The molecule has 1 heterocycles. The van der Waals surface area contributed by atoms with Crippen molar-refractivity contribution < 1.29 is 9.52 Å². The highest BCUT2D eigenvalue weighted by Crippen LogP contribution is 2.26. The van der Waals surface area contributed by atoms with Crippen LogP contribution in [-0.2, 0) is 6.42 Å². The van der Waals surface area contributed by atoms with E-state index in [2.05, 4.69) is 5.32 Å². The van der Waals surface area contributed by atoms with Gasteiger partial charge in [-0.3, -0.25) is 0 Å². The molecule has 1 aromatic heterocycles. The zero-order valence-corrected chi connectivity index (χ0v) is 9.06. The largest absolute Gasteiger partial charge is 0.508 e. The van der Waals surface area contributed by atoms with Gasteiger partial charge in [0.25, 0.3) is 0 Å². The van der Waals surface area contributed by atoms with E-state index >= 15 is 0 Å². The zero-order valence-electron chi connectivity index (χ0n) is 8.24. The van der Waals surface area contributed by atoms with Gasteiger partial charge in [0.1, 0.15) is 11.3 Å². The number of fused-ring (bicyclic) bond motifs is 1. The Morgan fingerprint density at radius 2 is 2.33 bits per heavy atom. The molecule has 5 heteroatoms. The molecule has 0 unspecified atom stereocenters. The molecule has 15 heavy (non-hydrogen) atoms. The number of aromatic hydroxyl groups is 1. The Morgan fingerprint density at radius 1 is 1.53 bits per heavy atom. The summed E-state index contributed by atoms with van der Waals surface area (Å²) in [5.74, 6) is 0.217. The van der Waals surface area contributed by atoms with Crippen molar-refractivity contribution in [2.75, 3.05) is 13.6 Å². The zero-order chi connectivity index (χ0) is 10.8. The van der Waals surface area contributed by atoms with Gasteiger partial charge in [-0.2, -0.15) is 0 Å². The average molecular weight is 225 g/mol. The van der Waals surface area contributed by atoms with Crippen LogP contribution < -0.4 is 10.3 Å². The van der Waals surface area contributed by atoms with Crippen molar-refractivity contribution in [1.82, 2.24) is 5.32 Å². The quantitative estimate of drug-likeness (QED) is 0.827. The van der Waals surface area contributed by atoms with Crippen molar-refractivity contribution in [3.05, 3.63) is 27.4 Å². The molecule has 1 aromatic carbocycles. The van der Waals surface area contributed by atoms with Crippen LogP contribution in [0.5, 0.6) is 5.75 Å². The Hall–Kier alpha value is -1.33. The van der Waals surface area contributed by atoms with Gasteiger partial charge in [-0.15, -0.1) is 0 Å². The molecule has 2 N–H and O–H groups in total. The lowest BCUT2D eigenvalue weighted by molar-refractivity contribution is 0.467. The van der Waals surface area contributed by atoms with Gasteiger partial charge >= 0.3 is 4.94 Å². The average Bonchev–Trinajstić information content (AvgIpc) is 2.53. The molecule has 4 nitrogen and oxygen atoms in total. The second-order valence-electron chi connectivity index (χ2n) is 3.24. The van der Waals surface area contributed by atoms with Gasteiger partial charge in [-0.05, 0) is 31.6 Å². The highest BCUT2D eigenvalue weighted by molar-refractivity contribution is 7.16. The number of benzene rings is 1. The maximum absolute atomic E-state index is 11.0. The third-order valence-corrected chi connectivity index (χ3v) is 2.96. The van der Waals surface area contributed by atoms with Crippen LogP contribution in [0.3, 0.4) is 0 Å². The lowest BCUT2D eigenvalue weighted by Crippen LogP contribution is -2.10. The topological polar surface area (TPSA) is 62.5 Å². The minimum atomic E-state index is -0.338. The molecule has 0 aliphatic carbocycles. The van der Waals surface area contributed by atoms with Crippen LogP contribution in [0.1, 0.15) is 5.56 Å². The second-order valence-corrected chi connectivity index (χ2v) is 4.21. The Balaban J connectivity index is 2.46. The molecule has 0 amide bonds. The summed E-state index contributed by atoms with van der Waals surface area (Å²) in [6.07, 6.45) is 0.706. The molecule has 80 valence electrons. The summed E-state index contributed by atoms with van der Waals surface area (Å²) < 4.78 is 5.66. The van der Waals surface area contributed by atoms with Crippen LogP contribution in [0.25, 0.3) is 10.3 Å². The third-order valence-electron chi connectivity index (χ3n) is 2.18. The van der Waals surface area contributed by atoms with Crippen molar-refractivity contribution >= 4 is 21.6 Å². The first-order chi connectivity index (χ1) is 7.20. The standard InChI is InChI=1S/C10H11NO3S/c1-11-3-2-6-4-8-9(5-7(6)12)15-10(13)14-8/h4-5,11-12H,2-3H2,1H3. The number of phenols is 1. The molecular weight excluding hydrogens is 214 g/mol. The summed E-state index contributed by atoms with van der Waals surface area (Å²) in [6.45, 7) is 0.771. The van der Waals surface area contributed by atoms with E-state index in [4.69, 9.17) is 4.42 Å². The van der Waals surface area contributed by atoms with Crippen LogP contribution in [0.15, 0.2) is 21.3 Å². The summed E-state index contributed by atoms with van der Waals surface area (Å²) in [5, 5.41) is 12.7. The molecular formula is C10H11NO3S.